The van der Waals surface area contributed by atoms with Gasteiger partial charge in [-0.1, -0.05) is 41.9 Å². The van der Waals surface area contributed by atoms with Crippen molar-refractivity contribution in [1.29, 1.82) is 0 Å². The molecule has 1 atom stereocenters. The average molecular weight is 365 g/mol. The lowest BCUT2D eigenvalue weighted by Gasteiger charge is -2.16. The summed E-state index contributed by atoms with van der Waals surface area (Å²) in [6.45, 7) is 6.16. The second-order valence-electron chi connectivity index (χ2n) is 6.45. The fourth-order valence-electron chi connectivity index (χ4n) is 2.63. The minimum Gasteiger partial charge on any atom is -0.484 e. The Balaban J connectivity index is 1.60. The second kappa shape index (κ2) is 8.49. The summed E-state index contributed by atoms with van der Waals surface area (Å²) in [6.07, 6.45) is 2.43. The Kier molecular flexibility index (Phi) is 5.86. The fourth-order valence-corrected chi connectivity index (χ4v) is 2.63. The summed E-state index contributed by atoms with van der Waals surface area (Å²) < 4.78 is 10.8. The van der Waals surface area contributed by atoms with E-state index >= 15 is 0 Å². The molecule has 0 radical (unpaired) electrons. The van der Waals surface area contributed by atoms with Crippen molar-refractivity contribution in [2.24, 2.45) is 0 Å². The summed E-state index contributed by atoms with van der Waals surface area (Å²) in [6, 6.07) is 13.4. The third-order valence-corrected chi connectivity index (χ3v) is 4.25. The number of amides is 1. The topological polar surface area (TPSA) is 77.2 Å². The minimum atomic E-state index is -0.269. The maximum absolute atomic E-state index is 12.5. The molecule has 1 aromatic carbocycles. The van der Waals surface area contributed by atoms with Crippen molar-refractivity contribution in [1.82, 2.24) is 15.5 Å². The molecule has 0 spiro atoms. The van der Waals surface area contributed by atoms with Gasteiger partial charge in [0.1, 0.15) is 12.4 Å². The number of aryl methyl sites for hydroxylation is 2. The first-order valence-corrected chi connectivity index (χ1v) is 8.93. The summed E-state index contributed by atoms with van der Waals surface area (Å²) >= 11 is 0. The van der Waals surface area contributed by atoms with Gasteiger partial charge in [-0.25, -0.2) is 0 Å². The number of hydrogen-bond donors (Lipinski definition) is 1. The lowest BCUT2D eigenvalue weighted by molar-refractivity contribution is 0.0926. The van der Waals surface area contributed by atoms with Crippen LogP contribution in [0.5, 0.6) is 5.75 Å². The molecule has 3 aromatic rings. The molecular weight excluding hydrogens is 342 g/mol. The van der Waals surface area contributed by atoms with Gasteiger partial charge in [-0.05, 0) is 38.0 Å². The molecule has 0 aliphatic rings. The van der Waals surface area contributed by atoms with Crippen LogP contribution in [0.1, 0.15) is 52.5 Å². The van der Waals surface area contributed by atoms with E-state index < -0.39 is 0 Å². The van der Waals surface area contributed by atoms with Gasteiger partial charge in [-0.15, -0.1) is 0 Å². The van der Waals surface area contributed by atoms with Gasteiger partial charge in [0, 0.05) is 11.8 Å². The monoisotopic (exact) mass is 365 g/mol. The van der Waals surface area contributed by atoms with E-state index in [1.165, 1.54) is 5.56 Å². The molecule has 1 amide bonds. The molecule has 6 nitrogen and oxygen atoms in total. The fraction of sp³-hybridized carbons (Fsp3) is 0.286. The van der Waals surface area contributed by atoms with Gasteiger partial charge in [0.05, 0.1) is 12.2 Å². The summed E-state index contributed by atoms with van der Waals surface area (Å²) in [4.78, 5) is 16.7. The molecule has 0 saturated heterocycles. The summed E-state index contributed by atoms with van der Waals surface area (Å²) in [5, 5.41) is 6.85. The highest BCUT2D eigenvalue weighted by Crippen LogP contribution is 2.18. The Morgan fingerprint density at radius 1 is 1.19 bits per heavy atom. The standard InChI is InChI=1S/C21H23N3O3/c1-4-19(16-8-5-14(2)6-9-16)23-21(25)20-11-18(27-24-20)13-26-17-10-7-15(3)22-12-17/h5-12,19H,4,13H2,1-3H3,(H,23,25). The lowest BCUT2D eigenvalue weighted by Crippen LogP contribution is -2.28. The van der Waals surface area contributed by atoms with Crippen molar-refractivity contribution in [2.45, 2.75) is 39.8 Å². The maximum atomic E-state index is 12.5. The third kappa shape index (κ3) is 4.94. The zero-order chi connectivity index (χ0) is 19.2. The Hall–Kier alpha value is -3.15. The number of hydrogen-bond acceptors (Lipinski definition) is 5. The predicted molar refractivity (Wildman–Crippen MR) is 101 cm³/mol. The molecule has 0 fully saturated rings. The number of carbonyl (C=O) groups is 1. The van der Waals surface area contributed by atoms with Crippen molar-refractivity contribution in [3.05, 3.63) is 76.9 Å². The van der Waals surface area contributed by atoms with E-state index in [1.807, 2.05) is 57.2 Å². The minimum absolute atomic E-state index is 0.0758. The molecule has 2 aromatic heterocycles. The molecule has 3 rings (SSSR count). The number of nitrogens with zero attached hydrogens (tertiary/aromatic N) is 2. The SMILES string of the molecule is CCC(NC(=O)c1cc(COc2ccc(C)nc2)on1)c1ccc(C)cc1. The van der Waals surface area contributed by atoms with Crippen LogP contribution < -0.4 is 10.1 Å². The van der Waals surface area contributed by atoms with Gasteiger partial charge in [0.25, 0.3) is 5.91 Å². The first-order valence-electron chi connectivity index (χ1n) is 8.93. The Morgan fingerprint density at radius 3 is 2.63 bits per heavy atom. The van der Waals surface area contributed by atoms with Crippen LogP contribution in [-0.4, -0.2) is 16.0 Å². The van der Waals surface area contributed by atoms with E-state index in [2.05, 4.69) is 15.5 Å². The molecule has 0 bridgehead atoms. The van der Waals surface area contributed by atoms with E-state index in [4.69, 9.17) is 9.26 Å². The Bertz CT molecular complexity index is 886. The average Bonchev–Trinajstić information content (AvgIpc) is 3.15. The van der Waals surface area contributed by atoms with Gasteiger partial charge in [-0.3, -0.25) is 9.78 Å². The van der Waals surface area contributed by atoms with E-state index in [0.717, 1.165) is 17.7 Å². The first-order chi connectivity index (χ1) is 13.0. The molecule has 0 aliphatic heterocycles. The molecule has 6 heteroatoms. The largest absolute Gasteiger partial charge is 0.484 e. The van der Waals surface area contributed by atoms with E-state index in [-0.39, 0.29) is 24.2 Å². The Labute approximate surface area is 158 Å². The molecule has 1 unspecified atom stereocenters. The summed E-state index contributed by atoms with van der Waals surface area (Å²) in [5.41, 5.74) is 3.40. The second-order valence-corrected chi connectivity index (χ2v) is 6.45. The number of rotatable bonds is 7. The van der Waals surface area contributed by atoms with E-state index in [1.54, 1.807) is 12.3 Å². The maximum Gasteiger partial charge on any atom is 0.273 e. The van der Waals surface area contributed by atoms with Crippen molar-refractivity contribution in [3.8, 4) is 5.75 Å². The van der Waals surface area contributed by atoms with Crippen molar-refractivity contribution >= 4 is 5.91 Å². The van der Waals surface area contributed by atoms with Gasteiger partial charge in [0.15, 0.2) is 11.5 Å². The zero-order valence-electron chi connectivity index (χ0n) is 15.7. The predicted octanol–water partition coefficient (Wildman–Crippen LogP) is 4.15. The molecule has 140 valence electrons. The van der Waals surface area contributed by atoms with Gasteiger partial charge in [0.2, 0.25) is 0 Å². The number of pyridine rings is 1. The van der Waals surface area contributed by atoms with Crippen LogP contribution >= 0.6 is 0 Å². The van der Waals surface area contributed by atoms with Gasteiger partial charge in [-0.2, -0.15) is 0 Å². The third-order valence-electron chi connectivity index (χ3n) is 4.25. The number of aromatic nitrogens is 2. The normalized spacial score (nSPS) is 11.8. The van der Waals surface area contributed by atoms with Gasteiger partial charge < -0.3 is 14.6 Å². The van der Waals surface area contributed by atoms with Crippen LogP contribution in [0.2, 0.25) is 0 Å². The van der Waals surface area contributed by atoms with Crippen LogP contribution in [0, 0.1) is 13.8 Å². The van der Waals surface area contributed by atoms with Crippen LogP contribution in [0.15, 0.2) is 53.2 Å². The summed E-state index contributed by atoms with van der Waals surface area (Å²) in [5.74, 6) is 0.840. The van der Waals surface area contributed by atoms with Crippen LogP contribution in [0.3, 0.4) is 0 Å². The van der Waals surface area contributed by atoms with Crippen LogP contribution in [-0.2, 0) is 6.61 Å². The summed E-state index contributed by atoms with van der Waals surface area (Å²) in [7, 11) is 0. The Morgan fingerprint density at radius 2 is 1.96 bits per heavy atom. The van der Waals surface area contributed by atoms with Crippen LogP contribution in [0.4, 0.5) is 0 Å². The van der Waals surface area contributed by atoms with Crippen molar-refractivity contribution in [3.63, 3.8) is 0 Å². The molecule has 0 aliphatic carbocycles. The zero-order valence-corrected chi connectivity index (χ0v) is 15.7. The molecule has 1 N–H and O–H groups in total. The highest BCUT2D eigenvalue weighted by atomic mass is 16.5. The smallest absolute Gasteiger partial charge is 0.273 e. The van der Waals surface area contributed by atoms with Gasteiger partial charge >= 0.3 is 0 Å². The molecule has 2 heterocycles. The number of carbonyl (C=O) groups excluding carboxylic acids is 1. The first kappa shape index (κ1) is 18.6. The lowest BCUT2D eigenvalue weighted by atomic mass is 10.0. The number of nitrogens with one attached hydrogen (secondary N) is 1. The molecular formula is C21H23N3O3. The van der Waals surface area contributed by atoms with Crippen molar-refractivity contribution in [2.75, 3.05) is 0 Å². The molecule has 0 saturated carbocycles. The van der Waals surface area contributed by atoms with Crippen LogP contribution in [0.25, 0.3) is 0 Å². The highest BCUT2D eigenvalue weighted by molar-refractivity contribution is 5.92. The quantitative estimate of drug-likeness (QED) is 0.681. The highest BCUT2D eigenvalue weighted by Gasteiger charge is 2.18. The number of ether oxygens (including phenoxy) is 1. The number of benzene rings is 1. The van der Waals surface area contributed by atoms with Crippen molar-refractivity contribution < 1.29 is 14.1 Å². The molecule has 27 heavy (non-hydrogen) atoms. The van der Waals surface area contributed by atoms with E-state index in [0.29, 0.717) is 11.5 Å². The van der Waals surface area contributed by atoms with E-state index in [9.17, 15) is 4.79 Å².